The fraction of sp³-hybridized carbons (Fsp3) is 0.308. The highest BCUT2D eigenvalue weighted by Gasteiger charge is 2.25. The van der Waals surface area contributed by atoms with E-state index in [9.17, 15) is 9.90 Å². The lowest BCUT2D eigenvalue weighted by Gasteiger charge is -2.18. The summed E-state index contributed by atoms with van der Waals surface area (Å²) in [5.41, 5.74) is 0.375. The summed E-state index contributed by atoms with van der Waals surface area (Å²) in [6, 6.07) is 3.52. The monoisotopic (exact) mass is 292 g/mol. The van der Waals surface area contributed by atoms with Gasteiger partial charge in [0.25, 0.3) is 5.56 Å². The number of aliphatic hydroxyl groups is 1. The van der Waals surface area contributed by atoms with Gasteiger partial charge in [0.1, 0.15) is 10.8 Å². The number of hydrogen-bond donors (Lipinski definition) is 2. The summed E-state index contributed by atoms with van der Waals surface area (Å²) >= 11 is 6.04. The van der Waals surface area contributed by atoms with Crippen LogP contribution >= 0.6 is 11.6 Å². The minimum absolute atomic E-state index is 0.0527. The average molecular weight is 293 g/mol. The number of nitrogens with one attached hydrogen (secondary N) is 1. The van der Waals surface area contributed by atoms with E-state index in [-0.39, 0.29) is 10.6 Å². The van der Waals surface area contributed by atoms with E-state index in [0.717, 1.165) is 5.56 Å². The zero-order valence-corrected chi connectivity index (χ0v) is 11.3. The van der Waals surface area contributed by atoms with Crippen molar-refractivity contribution in [3.63, 3.8) is 0 Å². The third-order valence-electron chi connectivity index (χ3n) is 3.26. The van der Waals surface area contributed by atoms with Crippen LogP contribution < -0.4 is 10.5 Å². The van der Waals surface area contributed by atoms with Gasteiger partial charge in [0.2, 0.25) is 0 Å². The molecule has 1 unspecified atom stereocenters. The van der Waals surface area contributed by atoms with Crippen LogP contribution in [-0.2, 0) is 0 Å². The van der Waals surface area contributed by atoms with Crippen molar-refractivity contribution in [3.05, 3.63) is 39.9 Å². The largest absolute Gasteiger partial charge is 0.391 e. The second-order valence-corrected chi connectivity index (χ2v) is 5.05. The van der Waals surface area contributed by atoms with Gasteiger partial charge < -0.3 is 15.0 Å². The minimum atomic E-state index is -0.406. The van der Waals surface area contributed by atoms with Crippen molar-refractivity contribution in [2.75, 3.05) is 18.0 Å². The van der Waals surface area contributed by atoms with E-state index in [4.69, 9.17) is 11.6 Å². The van der Waals surface area contributed by atoms with E-state index in [1.807, 2.05) is 4.90 Å². The number of pyridine rings is 1. The van der Waals surface area contributed by atoms with Crippen LogP contribution in [0.3, 0.4) is 0 Å². The quantitative estimate of drug-likeness (QED) is 0.865. The lowest BCUT2D eigenvalue weighted by Crippen LogP contribution is -2.25. The maximum atomic E-state index is 11.9. The molecule has 0 bridgehead atoms. The van der Waals surface area contributed by atoms with E-state index in [0.29, 0.717) is 31.2 Å². The fourth-order valence-corrected chi connectivity index (χ4v) is 2.45. The molecule has 3 rings (SSSR count). The molecule has 20 heavy (non-hydrogen) atoms. The summed E-state index contributed by atoms with van der Waals surface area (Å²) in [6.45, 7) is 1.07. The van der Waals surface area contributed by atoms with Gasteiger partial charge in [-0.05, 0) is 18.6 Å². The van der Waals surface area contributed by atoms with Crippen LogP contribution in [0.1, 0.15) is 6.42 Å². The van der Waals surface area contributed by atoms with Crippen molar-refractivity contribution in [2.45, 2.75) is 12.5 Å². The second kappa shape index (κ2) is 5.22. The van der Waals surface area contributed by atoms with Crippen LogP contribution in [0.5, 0.6) is 0 Å². The maximum absolute atomic E-state index is 11.9. The molecule has 6 nitrogen and oxygen atoms in total. The number of rotatable bonds is 2. The molecule has 0 radical (unpaired) electrons. The van der Waals surface area contributed by atoms with Crippen LogP contribution in [0.4, 0.5) is 5.82 Å². The Balaban J connectivity index is 2.06. The van der Waals surface area contributed by atoms with E-state index in [1.165, 1.54) is 0 Å². The molecular weight excluding hydrogens is 280 g/mol. The third kappa shape index (κ3) is 2.39. The standard InChI is InChI=1S/C13H13ClN4O2/c14-10-12(18-6-3-9(19)7-18)16-11(17-13(10)20)8-1-4-15-5-2-8/h1-2,4-5,9,19H,3,6-7H2,(H,16,17,20). The van der Waals surface area contributed by atoms with E-state index in [2.05, 4.69) is 15.0 Å². The topological polar surface area (TPSA) is 82.1 Å². The zero-order chi connectivity index (χ0) is 14.1. The SMILES string of the molecule is O=c1[nH]c(-c2ccncc2)nc(N2CCC(O)C2)c1Cl. The summed E-state index contributed by atoms with van der Waals surface area (Å²) in [4.78, 5) is 24.8. The summed E-state index contributed by atoms with van der Waals surface area (Å²) in [5.74, 6) is 0.858. The van der Waals surface area contributed by atoms with Crippen molar-refractivity contribution in [1.29, 1.82) is 0 Å². The first-order chi connectivity index (χ1) is 9.65. The number of β-amino-alcohol motifs (C(OH)–C–C–N with tert-alkyl or cyclic N) is 1. The Morgan fingerprint density at radius 2 is 2.15 bits per heavy atom. The van der Waals surface area contributed by atoms with Gasteiger partial charge in [-0.3, -0.25) is 9.78 Å². The molecule has 0 amide bonds. The van der Waals surface area contributed by atoms with E-state index >= 15 is 0 Å². The molecule has 1 aliphatic rings. The highest BCUT2D eigenvalue weighted by Crippen LogP contribution is 2.25. The number of hydrogen-bond acceptors (Lipinski definition) is 5. The number of anilines is 1. The number of nitrogens with zero attached hydrogens (tertiary/aromatic N) is 3. The van der Waals surface area contributed by atoms with E-state index < -0.39 is 6.10 Å². The Kier molecular flexibility index (Phi) is 3.42. The maximum Gasteiger partial charge on any atom is 0.272 e. The molecule has 1 atom stereocenters. The molecule has 104 valence electrons. The van der Waals surface area contributed by atoms with Crippen LogP contribution in [-0.4, -0.2) is 39.3 Å². The van der Waals surface area contributed by atoms with Crippen LogP contribution in [0.25, 0.3) is 11.4 Å². The van der Waals surface area contributed by atoms with Crippen molar-refractivity contribution in [3.8, 4) is 11.4 Å². The number of H-pyrrole nitrogens is 1. The molecule has 0 spiro atoms. The predicted molar refractivity (Wildman–Crippen MR) is 75.9 cm³/mol. The minimum Gasteiger partial charge on any atom is -0.391 e. The van der Waals surface area contributed by atoms with Crippen molar-refractivity contribution in [1.82, 2.24) is 15.0 Å². The number of aliphatic hydroxyl groups excluding tert-OH is 1. The molecule has 1 aliphatic heterocycles. The third-order valence-corrected chi connectivity index (χ3v) is 3.60. The Bertz CT molecular complexity index is 674. The Labute approximate surface area is 120 Å². The van der Waals surface area contributed by atoms with Gasteiger partial charge in [-0.2, -0.15) is 0 Å². The smallest absolute Gasteiger partial charge is 0.272 e. The normalized spacial score (nSPS) is 18.5. The average Bonchev–Trinajstić information content (AvgIpc) is 2.89. The van der Waals surface area contributed by atoms with Gasteiger partial charge in [-0.25, -0.2) is 4.98 Å². The highest BCUT2D eigenvalue weighted by atomic mass is 35.5. The van der Waals surface area contributed by atoms with Gasteiger partial charge in [0.15, 0.2) is 5.82 Å². The Morgan fingerprint density at radius 1 is 1.40 bits per heavy atom. The molecule has 1 saturated heterocycles. The Hall–Kier alpha value is -1.92. The van der Waals surface area contributed by atoms with Gasteiger partial charge in [-0.15, -0.1) is 0 Å². The van der Waals surface area contributed by atoms with Crippen LogP contribution in [0, 0.1) is 0 Å². The number of halogens is 1. The molecule has 0 aliphatic carbocycles. The molecule has 2 aromatic heterocycles. The zero-order valence-electron chi connectivity index (χ0n) is 10.6. The van der Waals surface area contributed by atoms with Crippen molar-refractivity contribution in [2.24, 2.45) is 0 Å². The summed E-state index contributed by atoms with van der Waals surface area (Å²) < 4.78 is 0. The van der Waals surface area contributed by atoms with Gasteiger partial charge in [0.05, 0.1) is 6.10 Å². The molecule has 7 heteroatoms. The van der Waals surface area contributed by atoms with Crippen LogP contribution in [0.2, 0.25) is 5.02 Å². The Morgan fingerprint density at radius 3 is 2.80 bits per heavy atom. The summed E-state index contributed by atoms with van der Waals surface area (Å²) in [5, 5.41) is 9.65. The van der Waals surface area contributed by atoms with Crippen molar-refractivity contribution < 1.29 is 5.11 Å². The van der Waals surface area contributed by atoms with Gasteiger partial charge in [-0.1, -0.05) is 11.6 Å². The van der Waals surface area contributed by atoms with Crippen LogP contribution in [0.15, 0.2) is 29.3 Å². The molecule has 2 aromatic rings. The molecule has 2 N–H and O–H groups in total. The first-order valence-corrected chi connectivity index (χ1v) is 6.66. The molecule has 3 heterocycles. The highest BCUT2D eigenvalue weighted by molar-refractivity contribution is 6.32. The van der Waals surface area contributed by atoms with Crippen molar-refractivity contribution >= 4 is 17.4 Å². The predicted octanol–water partition coefficient (Wildman–Crippen LogP) is 1.06. The lowest BCUT2D eigenvalue weighted by molar-refractivity contribution is 0.198. The molecule has 0 aromatic carbocycles. The van der Waals surface area contributed by atoms with Gasteiger partial charge in [0, 0.05) is 31.0 Å². The number of aromatic amines is 1. The molecule has 0 saturated carbocycles. The van der Waals surface area contributed by atoms with E-state index in [1.54, 1.807) is 24.5 Å². The molecule has 1 fully saturated rings. The summed E-state index contributed by atoms with van der Waals surface area (Å²) in [6.07, 6.45) is 3.50. The summed E-state index contributed by atoms with van der Waals surface area (Å²) in [7, 11) is 0. The van der Waals surface area contributed by atoms with Gasteiger partial charge >= 0.3 is 0 Å². The first kappa shape index (κ1) is 13.1. The molecular formula is C13H13ClN4O2. The first-order valence-electron chi connectivity index (χ1n) is 6.28. The second-order valence-electron chi connectivity index (χ2n) is 4.68. The lowest BCUT2D eigenvalue weighted by atomic mass is 10.2. The fourth-order valence-electron chi connectivity index (χ4n) is 2.24. The number of aromatic nitrogens is 3.